The first kappa shape index (κ1) is 16.0. The first-order chi connectivity index (χ1) is 8.81. The van der Waals surface area contributed by atoms with Gasteiger partial charge in [0.05, 0.1) is 16.2 Å². The van der Waals surface area contributed by atoms with Gasteiger partial charge in [0.15, 0.2) is 0 Å². The molecule has 0 aromatic heterocycles. The van der Waals surface area contributed by atoms with Gasteiger partial charge < -0.3 is 5.73 Å². The molecule has 104 valence electrons. The summed E-state index contributed by atoms with van der Waals surface area (Å²) in [5.41, 5.74) is 5.37. The van der Waals surface area contributed by atoms with Crippen molar-refractivity contribution in [1.82, 2.24) is 4.72 Å². The molecule has 0 amide bonds. The molecule has 19 heavy (non-hydrogen) atoms. The van der Waals surface area contributed by atoms with Crippen molar-refractivity contribution in [2.45, 2.75) is 30.7 Å². The minimum Gasteiger partial charge on any atom is -0.398 e. The van der Waals surface area contributed by atoms with Gasteiger partial charge in [0.2, 0.25) is 10.0 Å². The van der Waals surface area contributed by atoms with Crippen molar-refractivity contribution < 1.29 is 12.8 Å². The number of sulfonamides is 1. The van der Waals surface area contributed by atoms with Crippen LogP contribution < -0.4 is 10.5 Å². The molecule has 1 aromatic rings. The van der Waals surface area contributed by atoms with Crippen LogP contribution in [-0.4, -0.2) is 14.5 Å². The van der Waals surface area contributed by atoms with Gasteiger partial charge in [-0.3, -0.25) is 0 Å². The lowest BCUT2D eigenvalue weighted by atomic mass is 10.2. The Labute approximate surface area is 120 Å². The molecule has 4 nitrogen and oxygen atoms in total. The molecular formula is C12H14BrFN2O2S. The number of hydrogen-bond acceptors (Lipinski definition) is 3. The number of rotatable bonds is 5. The summed E-state index contributed by atoms with van der Waals surface area (Å²) in [5, 5.41) is 0. The quantitative estimate of drug-likeness (QED) is 0.633. The molecular weight excluding hydrogens is 335 g/mol. The van der Waals surface area contributed by atoms with Gasteiger partial charge in [-0.15, -0.1) is 6.42 Å². The molecule has 1 atom stereocenters. The van der Waals surface area contributed by atoms with Crippen LogP contribution in [0.2, 0.25) is 0 Å². The molecule has 0 saturated heterocycles. The summed E-state index contributed by atoms with van der Waals surface area (Å²) in [6, 6.07) is 1.45. The van der Waals surface area contributed by atoms with Crippen LogP contribution in [0.5, 0.6) is 0 Å². The Morgan fingerprint density at radius 2 is 2.21 bits per heavy atom. The second kappa shape index (κ2) is 6.37. The van der Waals surface area contributed by atoms with E-state index >= 15 is 0 Å². The van der Waals surface area contributed by atoms with Crippen molar-refractivity contribution >= 4 is 31.6 Å². The lowest BCUT2D eigenvalue weighted by molar-refractivity contribution is 0.564. The molecule has 0 radical (unpaired) electrons. The van der Waals surface area contributed by atoms with E-state index in [0.717, 1.165) is 18.6 Å². The standard InChI is InChI=1S/C12H14BrFN2O2S/c1-3-5-8(4-2)16-19(17,18)12-6-9(13)10(14)7-11(12)15/h2,6-8,16H,3,5,15H2,1H3. The van der Waals surface area contributed by atoms with Gasteiger partial charge in [-0.2, -0.15) is 4.72 Å². The molecule has 0 heterocycles. The lowest BCUT2D eigenvalue weighted by Crippen LogP contribution is -2.34. The van der Waals surface area contributed by atoms with Crippen molar-refractivity contribution in [3.05, 3.63) is 22.4 Å². The minimum atomic E-state index is -3.88. The fourth-order valence-corrected chi connectivity index (χ4v) is 3.32. The second-order valence-corrected chi connectivity index (χ2v) is 6.47. The molecule has 0 aliphatic carbocycles. The molecule has 0 saturated carbocycles. The van der Waals surface area contributed by atoms with E-state index in [0.29, 0.717) is 6.42 Å². The fourth-order valence-electron chi connectivity index (χ4n) is 1.49. The van der Waals surface area contributed by atoms with E-state index in [1.807, 2.05) is 6.92 Å². The summed E-state index contributed by atoms with van der Waals surface area (Å²) in [6.45, 7) is 1.89. The van der Waals surface area contributed by atoms with E-state index < -0.39 is 21.9 Å². The highest BCUT2D eigenvalue weighted by Crippen LogP contribution is 2.26. The highest BCUT2D eigenvalue weighted by molar-refractivity contribution is 9.10. The molecule has 3 N–H and O–H groups in total. The Kier molecular flexibility index (Phi) is 5.35. The number of terminal acetylenes is 1. The molecule has 0 aliphatic rings. The molecule has 0 aliphatic heterocycles. The summed E-state index contributed by atoms with van der Waals surface area (Å²) in [7, 11) is -3.88. The largest absolute Gasteiger partial charge is 0.398 e. The zero-order valence-electron chi connectivity index (χ0n) is 10.3. The summed E-state index contributed by atoms with van der Waals surface area (Å²) < 4.78 is 39.9. The van der Waals surface area contributed by atoms with Crippen LogP contribution in [0.25, 0.3) is 0 Å². The maximum absolute atomic E-state index is 13.2. The van der Waals surface area contributed by atoms with Crippen LogP contribution in [0.15, 0.2) is 21.5 Å². The van der Waals surface area contributed by atoms with E-state index in [2.05, 4.69) is 26.6 Å². The molecule has 1 rings (SSSR count). The van der Waals surface area contributed by atoms with Crippen molar-refractivity contribution in [1.29, 1.82) is 0 Å². The Morgan fingerprint density at radius 1 is 1.58 bits per heavy atom. The summed E-state index contributed by atoms with van der Waals surface area (Å²) >= 11 is 2.92. The first-order valence-corrected chi connectivity index (χ1v) is 7.82. The zero-order valence-corrected chi connectivity index (χ0v) is 12.7. The van der Waals surface area contributed by atoms with Crippen molar-refractivity contribution in [2.75, 3.05) is 5.73 Å². The number of nitrogens with one attached hydrogen (secondary N) is 1. The smallest absolute Gasteiger partial charge is 0.243 e. The highest BCUT2D eigenvalue weighted by Gasteiger charge is 2.22. The topological polar surface area (TPSA) is 72.2 Å². The first-order valence-electron chi connectivity index (χ1n) is 5.54. The molecule has 0 fully saturated rings. The number of anilines is 1. The summed E-state index contributed by atoms with van der Waals surface area (Å²) in [6.07, 6.45) is 6.51. The lowest BCUT2D eigenvalue weighted by Gasteiger charge is -2.14. The predicted octanol–water partition coefficient (Wildman–Crippen LogP) is 2.25. The number of benzene rings is 1. The van der Waals surface area contributed by atoms with Crippen LogP contribution >= 0.6 is 15.9 Å². The van der Waals surface area contributed by atoms with Crippen LogP contribution in [0.1, 0.15) is 19.8 Å². The summed E-state index contributed by atoms with van der Waals surface area (Å²) in [5.74, 6) is 1.73. The molecule has 1 unspecified atom stereocenters. The van der Waals surface area contributed by atoms with E-state index in [9.17, 15) is 12.8 Å². The van der Waals surface area contributed by atoms with Gasteiger partial charge in [-0.05, 0) is 34.5 Å². The van der Waals surface area contributed by atoms with Gasteiger partial charge in [0.25, 0.3) is 0 Å². The van der Waals surface area contributed by atoms with Gasteiger partial charge in [-0.1, -0.05) is 19.3 Å². The molecule has 1 aromatic carbocycles. The Hall–Kier alpha value is -1.10. The van der Waals surface area contributed by atoms with E-state index in [1.54, 1.807) is 0 Å². The summed E-state index contributed by atoms with van der Waals surface area (Å²) in [4.78, 5) is -0.197. The minimum absolute atomic E-state index is 0.0230. The Balaban J connectivity index is 3.14. The normalized spacial score (nSPS) is 12.9. The fraction of sp³-hybridized carbons (Fsp3) is 0.333. The SMILES string of the molecule is C#CC(CCC)NS(=O)(=O)c1cc(Br)c(F)cc1N. The van der Waals surface area contributed by atoms with Crippen LogP contribution in [0, 0.1) is 18.2 Å². The van der Waals surface area contributed by atoms with Crippen LogP contribution in [0.4, 0.5) is 10.1 Å². The molecule has 7 heteroatoms. The van der Waals surface area contributed by atoms with Crippen molar-refractivity contribution in [3.63, 3.8) is 0 Å². The highest BCUT2D eigenvalue weighted by atomic mass is 79.9. The maximum atomic E-state index is 13.2. The number of nitrogen functional groups attached to an aromatic ring is 1. The predicted molar refractivity (Wildman–Crippen MR) is 76.4 cm³/mol. The van der Waals surface area contributed by atoms with E-state index in [4.69, 9.17) is 12.2 Å². The van der Waals surface area contributed by atoms with Gasteiger partial charge in [0.1, 0.15) is 10.7 Å². The van der Waals surface area contributed by atoms with E-state index in [-0.39, 0.29) is 15.1 Å². The average Bonchev–Trinajstić information content (AvgIpc) is 2.32. The van der Waals surface area contributed by atoms with Crippen molar-refractivity contribution in [3.8, 4) is 12.3 Å². The Morgan fingerprint density at radius 3 is 2.74 bits per heavy atom. The zero-order chi connectivity index (χ0) is 14.6. The monoisotopic (exact) mass is 348 g/mol. The number of nitrogens with two attached hydrogens (primary N) is 1. The van der Waals surface area contributed by atoms with Gasteiger partial charge in [-0.25, -0.2) is 12.8 Å². The molecule has 0 bridgehead atoms. The number of hydrogen-bond donors (Lipinski definition) is 2. The third-order valence-electron chi connectivity index (χ3n) is 2.42. The second-order valence-electron chi connectivity index (χ2n) is 3.93. The third kappa shape index (κ3) is 3.93. The van der Waals surface area contributed by atoms with Gasteiger partial charge >= 0.3 is 0 Å². The molecule has 0 spiro atoms. The number of halogens is 2. The van der Waals surface area contributed by atoms with E-state index in [1.165, 1.54) is 0 Å². The average molecular weight is 349 g/mol. The van der Waals surface area contributed by atoms with Crippen LogP contribution in [-0.2, 0) is 10.0 Å². The van der Waals surface area contributed by atoms with Crippen molar-refractivity contribution in [2.24, 2.45) is 0 Å². The Bertz CT molecular complexity index is 611. The van der Waals surface area contributed by atoms with Gasteiger partial charge in [0, 0.05) is 0 Å². The third-order valence-corrected chi connectivity index (χ3v) is 4.55. The van der Waals surface area contributed by atoms with Crippen LogP contribution in [0.3, 0.4) is 0 Å². The maximum Gasteiger partial charge on any atom is 0.243 e.